The van der Waals surface area contributed by atoms with E-state index in [1.54, 1.807) is 19.5 Å². The number of hydrogen-bond donors (Lipinski definition) is 3. The van der Waals surface area contributed by atoms with E-state index in [4.69, 9.17) is 9.72 Å². The zero-order valence-electron chi connectivity index (χ0n) is 15.8. The number of hydrogen-bond acceptors (Lipinski definition) is 7. The minimum atomic E-state index is -0.437. The number of carbonyl (C=O) groups excluding carboxylic acids is 1. The third-order valence-electron chi connectivity index (χ3n) is 6.12. The Morgan fingerprint density at radius 2 is 2.29 bits per heavy atom. The molecule has 3 N–H and O–H groups in total. The molecule has 9 nitrogen and oxygen atoms in total. The summed E-state index contributed by atoms with van der Waals surface area (Å²) in [4.78, 5) is 24.3. The zero-order chi connectivity index (χ0) is 19.3. The topological polar surface area (TPSA) is 116 Å². The Hall–Kier alpha value is -2.52. The van der Waals surface area contributed by atoms with Crippen molar-refractivity contribution in [3.63, 3.8) is 0 Å². The molecule has 9 heteroatoms. The normalized spacial score (nSPS) is 25.2. The average Bonchev–Trinajstić information content (AvgIpc) is 3.32. The second kappa shape index (κ2) is 6.52. The van der Waals surface area contributed by atoms with Crippen LogP contribution in [0, 0.1) is 0 Å². The molecule has 1 spiro atoms. The van der Waals surface area contributed by atoms with Crippen molar-refractivity contribution < 1.29 is 14.6 Å². The molecule has 1 amide bonds. The molecule has 2 saturated carbocycles. The second-order valence-electron chi connectivity index (χ2n) is 7.97. The highest BCUT2D eigenvalue weighted by atomic mass is 16.5. The Balaban J connectivity index is 1.48. The monoisotopic (exact) mass is 384 g/mol. The molecular weight excluding hydrogens is 360 g/mol. The van der Waals surface area contributed by atoms with Crippen LogP contribution in [0.2, 0.25) is 0 Å². The molecule has 2 atom stereocenters. The highest BCUT2D eigenvalue weighted by Gasteiger charge is 2.61. The van der Waals surface area contributed by atoms with E-state index in [0.29, 0.717) is 24.8 Å². The third-order valence-corrected chi connectivity index (χ3v) is 6.12. The summed E-state index contributed by atoms with van der Waals surface area (Å²) in [5, 5.41) is 20.3. The van der Waals surface area contributed by atoms with E-state index in [1.165, 1.54) is 0 Å². The SMILES string of the molecule is COCc1n[nH]cc1Nc1ncc2c(n1)N([C@@H]1CCC[C@@H](O)C1)C(=O)C21CC1. The molecule has 3 aliphatic rings. The molecule has 2 aromatic rings. The number of fused-ring (bicyclic) bond motifs is 2. The first-order chi connectivity index (χ1) is 13.6. The fourth-order valence-corrected chi connectivity index (χ4v) is 4.51. The van der Waals surface area contributed by atoms with Crippen LogP contribution in [0.15, 0.2) is 12.4 Å². The standard InChI is InChI=1S/C19H24N6O3/c1-28-10-15-14(9-21-24-15)22-18-20-8-13-16(23-18)25(17(27)19(13)5-6-19)11-3-2-4-12(26)7-11/h8-9,11-12,26H,2-7,10H2,1H3,(H,21,24)(H,20,22,23)/t11-,12-/m1/s1. The van der Waals surface area contributed by atoms with E-state index in [9.17, 15) is 9.90 Å². The third kappa shape index (κ3) is 2.68. The number of nitrogens with one attached hydrogen (secondary N) is 2. The number of rotatable bonds is 5. The molecule has 5 rings (SSSR count). The number of aliphatic hydroxyl groups is 1. The summed E-state index contributed by atoms with van der Waals surface area (Å²) in [7, 11) is 1.61. The predicted octanol–water partition coefficient (Wildman–Crippen LogP) is 1.77. The zero-order valence-corrected chi connectivity index (χ0v) is 15.8. The van der Waals surface area contributed by atoms with Gasteiger partial charge in [0.25, 0.3) is 0 Å². The molecule has 0 aromatic carbocycles. The molecule has 0 unspecified atom stereocenters. The lowest BCUT2D eigenvalue weighted by Crippen LogP contribution is -2.44. The van der Waals surface area contributed by atoms with Crippen LogP contribution in [-0.4, -0.2) is 50.4 Å². The van der Waals surface area contributed by atoms with Crippen molar-refractivity contribution in [2.75, 3.05) is 17.3 Å². The lowest BCUT2D eigenvalue weighted by Gasteiger charge is -2.33. The lowest BCUT2D eigenvalue weighted by molar-refractivity contribution is -0.121. The van der Waals surface area contributed by atoms with Gasteiger partial charge in [-0.25, -0.2) is 4.98 Å². The van der Waals surface area contributed by atoms with Gasteiger partial charge in [-0.2, -0.15) is 10.1 Å². The van der Waals surface area contributed by atoms with Gasteiger partial charge in [-0.3, -0.25) is 14.8 Å². The van der Waals surface area contributed by atoms with Gasteiger partial charge in [-0.15, -0.1) is 0 Å². The van der Waals surface area contributed by atoms with E-state index in [2.05, 4.69) is 20.5 Å². The number of amides is 1. The summed E-state index contributed by atoms with van der Waals surface area (Å²) in [6, 6.07) is -0.00398. The number of carbonyl (C=O) groups is 1. The van der Waals surface area contributed by atoms with Crippen molar-refractivity contribution >= 4 is 23.4 Å². The number of nitrogens with zero attached hydrogens (tertiary/aromatic N) is 4. The number of methoxy groups -OCH3 is 1. The maximum Gasteiger partial charge on any atom is 0.239 e. The minimum absolute atomic E-state index is 0.00398. The summed E-state index contributed by atoms with van der Waals surface area (Å²) in [5.41, 5.74) is 1.96. The summed E-state index contributed by atoms with van der Waals surface area (Å²) < 4.78 is 5.15. The number of anilines is 3. The molecule has 28 heavy (non-hydrogen) atoms. The molecule has 0 saturated heterocycles. The maximum atomic E-state index is 13.2. The largest absolute Gasteiger partial charge is 0.393 e. The molecule has 148 valence electrons. The summed E-state index contributed by atoms with van der Waals surface area (Å²) in [6.45, 7) is 0.366. The number of ether oxygens (including phenoxy) is 1. The first kappa shape index (κ1) is 17.6. The average molecular weight is 384 g/mol. The molecule has 1 aliphatic heterocycles. The molecule has 2 aromatic heterocycles. The Kier molecular flexibility index (Phi) is 4.09. The Morgan fingerprint density at radius 1 is 1.43 bits per heavy atom. The molecular formula is C19H24N6O3. The summed E-state index contributed by atoms with van der Waals surface area (Å²) >= 11 is 0. The van der Waals surface area contributed by atoms with E-state index in [0.717, 1.165) is 49.0 Å². The predicted molar refractivity (Wildman–Crippen MR) is 101 cm³/mol. The van der Waals surface area contributed by atoms with E-state index >= 15 is 0 Å². The van der Waals surface area contributed by atoms with Gasteiger partial charge in [0.2, 0.25) is 11.9 Å². The van der Waals surface area contributed by atoms with E-state index in [1.807, 2.05) is 4.90 Å². The number of H-pyrrole nitrogens is 1. The first-order valence-electron chi connectivity index (χ1n) is 9.80. The van der Waals surface area contributed by atoms with Crippen molar-refractivity contribution in [3.05, 3.63) is 23.7 Å². The summed E-state index contributed by atoms with van der Waals surface area (Å²) in [5.74, 6) is 1.23. The minimum Gasteiger partial charge on any atom is -0.393 e. The van der Waals surface area contributed by atoms with Gasteiger partial charge in [-0.05, 0) is 38.5 Å². The van der Waals surface area contributed by atoms with E-state index < -0.39 is 5.41 Å². The molecule has 2 fully saturated rings. The van der Waals surface area contributed by atoms with E-state index in [-0.39, 0.29) is 18.1 Å². The molecule has 0 bridgehead atoms. The second-order valence-corrected chi connectivity index (χ2v) is 7.97. The van der Waals surface area contributed by atoms with Crippen LogP contribution < -0.4 is 10.2 Å². The van der Waals surface area contributed by atoms with Crippen LogP contribution >= 0.6 is 0 Å². The first-order valence-corrected chi connectivity index (χ1v) is 9.80. The van der Waals surface area contributed by atoms with Crippen LogP contribution in [0.25, 0.3) is 0 Å². The van der Waals surface area contributed by atoms with Crippen molar-refractivity contribution in [1.82, 2.24) is 20.2 Å². The van der Waals surface area contributed by atoms with Gasteiger partial charge in [0.1, 0.15) is 11.5 Å². The molecule has 0 radical (unpaired) electrons. The molecule has 2 aliphatic carbocycles. The van der Waals surface area contributed by atoms with Crippen LogP contribution in [0.4, 0.5) is 17.5 Å². The van der Waals surface area contributed by atoms with Crippen molar-refractivity contribution in [1.29, 1.82) is 0 Å². The van der Waals surface area contributed by atoms with Gasteiger partial charge < -0.3 is 15.2 Å². The number of aliphatic hydroxyl groups excluding tert-OH is 1. The summed E-state index contributed by atoms with van der Waals surface area (Å²) in [6.07, 6.45) is 8.07. The highest BCUT2D eigenvalue weighted by Crippen LogP contribution is 2.57. The van der Waals surface area contributed by atoms with Gasteiger partial charge in [0.15, 0.2) is 0 Å². The fourth-order valence-electron chi connectivity index (χ4n) is 4.51. The highest BCUT2D eigenvalue weighted by molar-refractivity contribution is 6.09. The van der Waals surface area contributed by atoms with Crippen LogP contribution in [0.1, 0.15) is 49.8 Å². The smallest absolute Gasteiger partial charge is 0.239 e. The molecule has 3 heterocycles. The van der Waals surface area contributed by atoms with Gasteiger partial charge in [-0.1, -0.05) is 0 Å². The van der Waals surface area contributed by atoms with Crippen LogP contribution in [0.3, 0.4) is 0 Å². The van der Waals surface area contributed by atoms with Crippen LogP contribution in [-0.2, 0) is 21.6 Å². The number of aromatic nitrogens is 4. The Morgan fingerprint density at radius 3 is 3.04 bits per heavy atom. The maximum absolute atomic E-state index is 13.2. The van der Waals surface area contributed by atoms with Gasteiger partial charge in [0, 0.05) is 31.1 Å². The fraction of sp³-hybridized carbons (Fsp3) is 0.579. The number of aromatic amines is 1. The van der Waals surface area contributed by atoms with Crippen molar-refractivity contribution in [2.45, 2.75) is 62.7 Å². The van der Waals surface area contributed by atoms with Crippen molar-refractivity contribution in [2.24, 2.45) is 0 Å². The Bertz CT molecular complexity index is 909. The van der Waals surface area contributed by atoms with Gasteiger partial charge in [0.05, 0.1) is 23.8 Å². The van der Waals surface area contributed by atoms with Crippen molar-refractivity contribution in [3.8, 4) is 0 Å². The van der Waals surface area contributed by atoms with Gasteiger partial charge >= 0.3 is 0 Å². The lowest BCUT2D eigenvalue weighted by atomic mass is 9.92. The van der Waals surface area contributed by atoms with Crippen LogP contribution in [0.5, 0.6) is 0 Å². The Labute approximate surface area is 162 Å². The quantitative estimate of drug-likeness (QED) is 0.719.